The van der Waals surface area contributed by atoms with Crippen LogP contribution in [0.5, 0.6) is 0 Å². The van der Waals surface area contributed by atoms with E-state index in [4.69, 9.17) is 9.15 Å². The topological polar surface area (TPSA) is 22.4 Å². The molecule has 0 saturated carbocycles. The highest BCUT2D eigenvalue weighted by Gasteiger charge is 2.14. The van der Waals surface area contributed by atoms with Crippen LogP contribution in [-0.2, 0) is 4.74 Å². The quantitative estimate of drug-likeness (QED) is 0.693. The van der Waals surface area contributed by atoms with E-state index in [0.29, 0.717) is 5.92 Å². The molecule has 1 aliphatic carbocycles. The lowest BCUT2D eigenvalue weighted by Crippen LogP contribution is -2.05. The van der Waals surface area contributed by atoms with Crippen LogP contribution in [0.15, 0.2) is 35.1 Å². The number of fused-ring (bicyclic) bond motifs is 1. The maximum Gasteiger partial charge on any atom is 0.0979 e. The number of rotatable bonds is 6. The summed E-state index contributed by atoms with van der Waals surface area (Å²) in [7, 11) is 0. The van der Waals surface area contributed by atoms with Crippen LogP contribution >= 0.6 is 0 Å². The first-order valence-electron chi connectivity index (χ1n) is 6.35. The lowest BCUT2D eigenvalue weighted by atomic mass is 9.99. The molecular formula is C15H20O2. The van der Waals surface area contributed by atoms with E-state index in [1.54, 1.807) is 12.5 Å². The third-order valence-corrected chi connectivity index (χ3v) is 3.11. The summed E-state index contributed by atoms with van der Waals surface area (Å²) < 4.78 is 10.9. The Kier molecular flexibility index (Phi) is 4.21. The van der Waals surface area contributed by atoms with Crippen molar-refractivity contribution in [1.82, 2.24) is 0 Å². The Bertz CT molecular complexity index is 419. The number of ether oxygens (including phenoxy) is 1. The smallest absolute Gasteiger partial charge is 0.0979 e. The molecule has 2 nitrogen and oxygen atoms in total. The molecule has 0 radical (unpaired) electrons. The summed E-state index contributed by atoms with van der Waals surface area (Å²) in [6.45, 7) is 6.06. The van der Waals surface area contributed by atoms with Crippen LogP contribution in [0, 0.1) is 0 Å². The minimum atomic E-state index is 0.437. The Morgan fingerprint density at radius 2 is 2.18 bits per heavy atom. The Labute approximate surface area is 103 Å². The Balaban J connectivity index is 1.97. The van der Waals surface area contributed by atoms with Gasteiger partial charge in [-0.2, -0.15) is 0 Å². The first-order chi connectivity index (χ1) is 8.33. The minimum absolute atomic E-state index is 0.437. The van der Waals surface area contributed by atoms with Crippen molar-refractivity contribution in [2.24, 2.45) is 0 Å². The van der Waals surface area contributed by atoms with Gasteiger partial charge in [-0.15, -0.1) is 0 Å². The predicted octanol–water partition coefficient (Wildman–Crippen LogP) is 4.30. The zero-order valence-corrected chi connectivity index (χ0v) is 10.6. The molecule has 0 bridgehead atoms. The Morgan fingerprint density at radius 3 is 3.00 bits per heavy atom. The summed E-state index contributed by atoms with van der Waals surface area (Å²) in [5, 5.41) is 0. The first-order valence-corrected chi connectivity index (χ1v) is 6.35. The van der Waals surface area contributed by atoms with Gasteiger partial charge in [0.05, 0.1) is 19.1 Å². The minimum Gasteiger partial charge on any atom is -0.472 e. The van der Waals surface area contributed by atoms with Crippen LogP contribution in [-0.4, -0.2) is 13.2 Å². The van der Waals surface area contributed by atoms with Crippen LogP contribution < -0.4 is 0 Å². The summed E-state index contributed by atoms with van der Waals surface area (Å²) in [6, 6.07) is 6.32. The van der Waals surface area contributed by atoms with Crippen molar-refractivity contribution in [1.29, 1.82) is 0 Å². The highest BCUT2D eigenvalue weighted by Crippen LogP contribution is 2.32. The van der Waals surface area contributed by atoms with Gasteiger partial charge >= 0.3 is 0 Å². The van der Waals surface area contributed by atoms with Gasteiger partial charge in [0.15, 0.2) is 0 Å². The maximum absolute atomic E-state index is 5.69. The summed E-state index contributed by atoms with van der Waals surface area (Å²) in [5.41, 5.74) is 3.80. The molecule has 0 fully saturated rings. The second kappa shape index (κ2) is 5.87. The molecule has 0 spiro atoms. The average molecular weight is 232 g/mol. The second-order valence-electron chi connectivity index (χ2n) is 4.54. The molecule has 0 amide bonds. The summed E-state index contributed by atoms with van der Waals surface area (Å²) in [6.07, 6.45) is 5.86. The van der Waals surface area contributed by atoms with Crippen molar-refractivity contribution < 1.29 is 9.15 Å². The standard InChI is InChI=1S/C15H20O2/c1-3-4-8-16-10-12(2)14-6-5-13-11-17-9-7-15(13)14/h5-7,9,11-12H,3-4,8,10H2,1-2H3. The molecule has 1 atom stereocenters. The average Bonchev–Trinajstić information content (AvgIpc) is 2.78. The van der Waals surface area contributed by atoms with E-state index in [2.05, 4.69) is 26.0 Å². The molecule has 0 aromatic rings. The molecule has 0 N–H and O–H groups in total. The van der Waals surface area contributed by atoms with Crippen LogP contribution in [0.4, 0.5) is 0 Å². The van der Waals surface area contributed by atoms with E-state index >= 15 is 0 Å². The third-order valence-electron chi connectivity index (χ3n) is 3.11. The highest BCUT2D eigenvalue weighted by atomic mass is 16.5. The molecular weight excluding hydrogens is 212 g/mol. The van der Waals surface area contributed by atoms with Gasteiger partial charge in [-0.25, -0.2) is 0 Å². The predicted molar refractivity (Wildman–Crippen MR) is 69.5 cm³/mol. The van der Waals surface area contributed by atoms with E-state index in [1.807, 2.05) is 6.07 Å². The van der Waals surface area contributed by atoms with E-state index in [-0.39, 0.29) is 0 Å². The monoisotopic (exact) mass is 232 g/mol. The van der Waals surface area contributed by atoms with Crippen LogP contribution in [0.2, 0.25) is 0 Å². The van der Waals surface area contributed by atoms with Gasteiger partial charge in [0.25, 0.3) is 0 Å². The molecule has 1 unspecified atom stereocenters. The van der Waals surface area contributed by atoms with E-state index in [1.165, 1.54) is 23.1 Å². The number of hydrogen-bond donors (Lipinski definition) is 0. The SMILES string of the molecule is CCCCOCC(C)c1ccc2coccc1-2. The summed E-state index contributed by atoms with van der Waals surface area (Å²) >= 11 is 0. The van der Waals surface area contributed by atoms with E-state index in [0.717, 1.165) is 19.6 Å². The van der Waals surface area contributed by atoms with Gasteiger partial charge in [0, 0.05) is 18.1 Å². The van der Waals surface area contributed by atoms with Gasteiger partial charge in [-0.1, -0.05) is 32.4 Å². The Morgan fingerprint density at radius 1 is 1.29 bits per heavy atom. The van der Waals surface area contributed by atoms with Gasteiger partial charge in [-0.3, -0.25) is 0 Å². The molecule has 2 rings (SSSR count). The third kappa shape index (κ3) is 2.89. The lowest BCUT2D eigenvalue weighted by molar-refractivity contribution is 0.121. The molecule has 0 saturated heterocycles. The molecule has 0 aromatic carbocycles. The van der Waals surface area contributed by atoms with E-state index < -0.39 is 0 Å². The molecule has 1 heterocycles. The van der Waals surface area contributed by atoms with Crippen molar-refractivity contribution in [2.45, 2.75) is 32.6 Å². The molecule has 1 aliphatic heterocycles. The molecule has 0 aromatic heterocycles. The Hall–Kier alpha value is -1.28. The number of hydrogen-bond acceptors (Lipinski definition) is 2. The molecule has 2 heteroatoms. The van der Waals surface area contributed by atoms with Crippen molar-refractivity contribution in [3.05, 3.63) is 36.3 Å². The van der Waals surface area contributed by atoms with Crippen molar-refractivity contribution >= 4 is 0 Å². The van der Waals surface area contributed by atoms with E-state index in [9.17, 15) is 0 Å². The highest BCUT2D eigenvalue weighted by molar-refractivity contribution is 5.70. The normalized spacial score (nSPS) is 13.1. The zero-order valence-electron chi connectivity index (χ0n) is 10.6. The van der Waals surface area contributed by atoms with Gasteiger partial charge in [-0.05, 0) is 23.6 Å². The van der Waals surface area contributed by atoms with Crippen molar-refractivity contribution in [3.8, 4) is 11.1 Å². The van der Waals surface area contributed by atoms with Crippen molar-refractivity contribution in [3.63, 3.8) is 0 Å². The first kappa shape index (κ1) is 12.2. The largest absolute Gasteiger partial charge is 0.472 e. The maximum atomic E-state index is 5.69. The molecule has 92 valence electrons. The fraction of sp³-hybridized carbons (Fsp3) is 0.467. The fourth-order valence-electron chi connectivity index (χ4n) is 2.07. The van der Waals surface area contributed by atoms with Gasteiger partial charge in [0.1, 0.15) is 0 Å². The summed E-state index contributed by atoms with van der Waals surface area (Å²) in [5.74, 6) is 0.437. The van der Waals surface area contributed by atoms with Crippen LogP contribution in [0.1, 0.15) is 38.2 Å². The molecule has 2 aliphatic rings. The van der Waals surface area contributed by atoms with Crippen molar-refractivity contribution in [2.75, 3.05) is 13.2 Å². The zero-order chi connectivity index (χ0) is 12.1. The molecule has 17 heavy (non-hydrogen) atoms. The van der Waals surface area contributed by atoms with Crippen LogP contribution in [0.25, 0.3) is 11.1 Å². The number of unbranched alkanes of at least 4 members (excludes halogenated alkanes) is 1. The van der Waals surface area contributed by atoms with Crippen LogP contribution in [0.3, 0.4) is 0 Å². The fourth-order valence-corrected chi connectivity index (χ4v) is 2.07. The van der Waals surface area contributed by atoms with Gasteiger partial charge in [0.2, 0.25) is 0 Å². The second-order valence-corrected chi connectivity index (χ2v) is 4.54. The lowest BCUT2D eigenvalue weighted by Gasteiger charge is -2.13. The van der Waals surface area contributed by atoms with Gasteiger partial charge < -0.3 is 9.15 Å². The summed E-state index contributed by atoms with van der Waals surface area (Å²) in [4.78, 5) is 0.